The maximum Gasteiger partial charge on any atom is 0.160 e. The molecule has 272 valence electrons. The van der Waals surface area contributed by atoms with E-state index < -0.39 is 0 Å². The quantitative estimate of drug-likeness (QED) is 0.180. The van der Waals surface area contributed by atoms with Crippen molar-refractivity contribution in [3.05, 3.63) is 193 Å². The first kappa shape index (κ1) is 32.8. The predicted octanol–water partition coefficient (Wildman–Crippen LogP) is 14.8. The molecule has 1 aliphatic rings. The monoisotopic (exact) mass is 740 g/mol. The van der Waals surface area contributed by atoms with Crippen molar-refractivity contribution in [1.82, 2.24) is 9.97 Å². The van der Waals surface area contributed by atoms with Gasteiger partial charge < -0.3 is 4.42 Å². The molecule has 0 spiro atoms. The summed E-state index contributed by atoms with van der Waals surface area (Å²) in [6.45, 7) is 4.73. The van der Waals surface area contributed by atoms with Crippen LogP contribution in [-0.2, 0) is 5.41 Å². The van der Waals surface area contributed by atoms with E-state index in [1.807, 2.05) is 18.2 Å². The highest BCUT2D eigenvalue weighted by molar-refractivity contribution is 6.12. The van der Waals surface area contributed by atoms with E-state index in [0.717, 1.165) is 55.4 Å². The van der Waals surface area contributed by atoms with E-state index >= 15 is 0 Å². The molecule has 0 unspecified atom stereocenters. The first-order valence-electron chi connectivity index (χ1n) is 20.0. The van der Waals surface area contributed by atoms with Gasteiger partial charge in [-0.05, 0) is 114 Å². The minimum absolute atomic E-state index is 0.120. The molecule has 9 aromatic carbocycles. The lowest BCUT2D eigenvalue weighted by Gasteiger charge is -2.22. The van der Waals surface area contributed by atoms with Crippen LogP contribution in [0.3, 0.4) is 0 Å². The van der Waals surface area contributed by atoms with E-state index in [1.54, 1.807) is 0 Å². The van der Waals surface area contributed by atoms with Gasteiger partial charge in [0.15, 0.2) is 5.82 Å². The summed E-state index contributed by atoms with van der Waals surface area (Å²) in [4.78, 5) is 10.5. The zero-order chi connectivity index (χ0) is 38.5. The molecule has 0 fully saturated rings. The van der Waals surface area contributed by atoms with Crippen molar-refractivity contribution in [2.45, 2.75) is 19.3 Å². The maximum atomic E-state index is 6.38. The number of nitrogens with zero attached hydrogens (tertiary/aromatic N) is 2. The average Bonchev–Trinajstić information content (AvgIpc) is 3.74. The van der Waals surface area contributed by atoms with Crippen LogP contribution in [0.1, 0.15) is 25.0 Å². The summed E-state index contributed by atoms with van der Waals surface area (Å²) < 4.78 is 6.38. The van der Waals surface area contributed by atoms with Gasteiger partial charge in [-0.15, -0.1) is 0 Å². The first-order valence-corrected chi connectivity index (χ1v) is 20.0. The van der Waals surface area contributed by atoms with Crippen molar-refractivity contribution >= 4 is 54.3 Å². The molecule has 12 rings (SSSR count). The number of fused-ring (bicyclic) bond motifs is 9. The summed E-state index contributed by atoms with van der Waals surface area (Å²) in [6.07, 6.45) is 0. The van der Waals surface area contributed by atoms with Crippen molar-refractivity contribution in [1.29, 1.82) is 0 Å². The van der Waals surface area contributed by atoms with Crippen molar-refractivity contribution < 1.29 is 4.42 Å². The second kappa shape index (κ2) is 12.3. The topological polar surface area (TPSA) is 38.9 Å². The van der Waals surface area contributed by atoms with Gasteiger partial charge in [0.05, 0.1) is 11.4 Å². The third kappa shape index (κ3) is 4.93. The van der Waals surface area contributed by atoms with E-state index in [-0.39, 0.29) is 5.41 Å². The van der Waals surface area contributed by atoms with Crippen LogP contribution in [0.25, 0.3) is 110 Å². The molecule has 0 saturated carbocycles. The van der Waals surface area contributed by atoms with Gasteiger partial charge in [-0.25, -0.2) is 9.97 Å². The Morgan fingerprint density at radius 2 is 1.02 bits per heavy atom. The lowest BCUT2D eigenvalue weighted by molar-refractivity contribution is 0.661. The molecule has 0 aliphatic heterocycles. The Kier molecular flexibility index (Phi) is 6.98. The lowest BCUT2D eigenvalue weighted by atomic mass is 9.81. The van der Waals surface area contributed by atoms with Crippen LogP contribution in [0, 0.1) is 0 Å². The van der Waals surface area contributed by atoms with Crippen molar-refractivity contribution in [2.75, 3.05) is 0 Å². The van der Waals surface area contributed by atoms with E-state index in [1.165, 1.54) is 60.3 Å². The summed E-state index contributed by atoms with van der Waals surface area (Å²) in [5.74, 6) is 0.691. The molecule has 1 aliphatic carbocycles. The van der Waals surface area contributed by atoms with Gasteiger partial charge in [0, 0.05) is 32.9 Å². The molecule has 3 nitrogen and oxygen atoms in total. The summed E-state index contributed by atoms with van der Waals surface area (Å²) in [6, 6.07) is 65.4. The number of aromatic nitrogens is 2. The van der Waals surface area contributed by atoms with E-state index in [2.05, 4.69) is 178 Å². The molecule has 11 aromatic rings. The average molecular weight is 741 g/mol. The molecule has 0 saturated heterocycles. The van der Waals surface area contributed by atoms with E-state index in [4.69, 9.17) is 14.4 Å². The highest BCUT2D eigenvalue weighted by Gasteiger charge is 2.37. The zero-order valence-electron chi connectivity index (χ0n) is 32.1. The van der Waals surface area contributed by atoms with Gasteiger partial charge in [0.1, 0.15) is 11.2 Å². The summed E-state index contributed by atoms with van der Waals surface area (Å²) >= 11 is 0. The van der Waals surface area contributed by atoms with Crippen molar-refractivity contribution in [3.8, 4) is 56.2 Å². The second-order valence-corrected chi connectivity index (χ2v) is 16.1. The molecule has 2 aromatic heterocycles. The fourth-order valence-electron chi connectivity index (χ4n) is 9.53. The van der Waals surface area contributed by atoms with Crippen LogP contribution in [0.15, 0.2) is 186 Å². The molecule has 0 radical (unpaired) electrons. The Morgan fingerprint density at radius 1 is 0.379 bits per heavy atom. The fourth-order valence-corrected chi connectivity index (χ4v) is 9.53. The van der Waals surface area contributed by atoms with Gasteiger partial charge in [-0.3, -0.25) is 0 Å². The largest absolute Gasteiger partial charge is 0.456 e. The lowest BCUT2D eigenvalue weighted by Crippen LogP contribution is -2.14. The molecule has 58 heavy (non-hydrogen) atoms. The van der Waals surface area contributed by atoms with Crippen LogP contribution in [0.2, 0.25) is 0 Å². The van der Waals surface area contributed by atoms with Gasteiger partial charge in [-0.2, -0.15) is 0 Å². The Balaban J connectivity index is 1.05. The highest BCUT2D eigenvalue weighted by Crippen LogP contribution is 2.54. The van der Waals surface area contributed by atoms with Crippen molar-refractivity contribution in [3.63, 3.8) is 0 Å². The zero-order valence-corrected chi connectivity index (χ0v) is 32.1. The Hall–Kier alpha value is -7.36. The normalized spacial score (nSPS) is 13.1. The van der Waals surface area contributed by atoms with Crippen LogP contribution in [-0.4, -0.2) is 9.97 Å². The van der Waals surface area contributed by atoms with Crippen LogP contribution in [0.5, 0.6) is 0 Å². The minimum atomic E-state index is -0.120. The summed E-state index contributed by atoms with van der Waals surface area (Å²) in [7, 11) is 0. The third-order valence-electron chi connectivity index (χ3n) is 12.4. The number of benzene rings is 9. The van der Waals surface area contributed by atoms with E-state index in [9.17, 15) is 0 Å². The number of hydrogen-bond donors (Lipinski definition) is 0. The highest BCUT2D eigenvalue weighted by atomic mass is 16.3. The fraction of sp³-hybridized carbons (Fsp3) is 0.0545. The number of rotatable bonds is 4. The first-order chi connectivity index (χ1) is 28.5. The standard InChI is InChI=1S/C55H36N2O/c1-55(2)47-22-12-21-43(53(47)46-28-35-16-6-8-17-36(35)30-48(46)55)41-24-25-42(40-20-11-10-19-39(40)41)50-32-49(56-54(57-50)33-13-4-3-5-14-33)38-23-26-51-44(29-38)45-27-34-15-7-9-18-37(34)31-52(45)58-51/h3-32H,1-2H3. The minimum Gasteiger partial charge on any atom is -0.456 e. The van der Waals surface area contributed by atoms with E-state index in [0.29, 0.717) is 5.82 Å². The van der Waals surface area contributed by atoms with Gasteiger partial charge in [-0.1, -0.05) is 147 Å². The predicted molar refractivity (Wildman–Crippen MR) is 241 cm³/mol. The second-order valence-electron chi connectivity index (χ2n) is 16.1. The molecular weight excluding hydrogens is 705 g/mol. The molecule has 0 N–H and O–H groups in total. The number of furan rings is 1. The summed E-state index contributed by atoms with van der Waals surface area (Å²) in [5, 5.41) is 9.42. The van der Waals surface area contributed by atoms with Gasteiger partial charge >= 0.3 is 0 Å². The van der Waals surface area contributed by atoms with Gasteiger partial charge in [0.25, 0.3) is 0 Å². The Bertz CT molecular complexity index is 3480. The number of hydrogen-bond acceptors (Lipinski definition) is 3. The molecule has 3 heteroatoms. The Labute approximate surface area is 335 Å². The maximum absolute atomic E-state index is 6.38. The molecule has 0 bridgehead atoms. The van der Waals surface area contributed by atoms with Crippen LogP contribution >= 0.6 is 0 Å². The SMILES string of the molecule is CC1(C)c2cc3ccccc3cc2-c2c(-c3ccc(-c4cc(-c5ccc6oc7cc8ccccc8cc7c6c5)nc(-c5ccccc5)n4)c4ccccc34)cccc21. The Morgan fingerprint density at radius 3 is 1.81 bits per heavy atom. The van der Waals surface area contributed by atoms with Gasteiger partial charge in [0.2, 0.25) is 0 Å². The van der Waals surface area contributed by atoms with Crippen LogP contribution in [0.4, 0.5) is 0 Å². The molecular formula is C55H36N2O. The molecule has 0 amide bonds. The van der Waals surface area contributed by atoms with Crippen molar-refractivity contribution in [2.24, 2.45) is 0 Å². The third-order valence-corrected chi connectivity index (χ3v) is 12.4. The van der Waals surface area contributed by atoms with Crippen LogP contribution < -0.4 is 0 Å². The molecule has 2 heterocycles. The summed E-state index contributed by atoms with van der Waals surface area (Å²) in [5.41, 5.74) is 14.3. The smallest absolute Gasteiger partial charge is 0.160 e. The molecule has 0 atom stereocenters.